The van der Waals surface area contributed by atoms with Gasteiger partial charge in [-0.15, -0.1) is 0 Å². The van der Waals surface area contributed by atoms with Crippen molar-refractivity contribution in [3.8, 4) is 11.8 Å². The number of rotatable bonds is 1. The lowest BCUT2D eigenvalue weighted by molar-refractivity contribution is 0.0957. The van der Waals surface area contributed by atoms with Crippen LogP contribution >= 0.6 is 0 Å². The van der Waals surface area contributed by atoms with E-state index in [-0.39, 0.29) is 5.91 Å². The van der Waals surface area contributed by atoms with Gasteiger partial charge in [0, 0.05) is 10.9 Å². The first-order valence-electron chi connectivity index (χ1n) is 6.95. The third-order valence-corrected chi connectivity index (χ3v) is 3.46. The van der Waals surface area contributed by atoms with Crippen LogP contribution in [0.5, 0.6) is 0 Å². The lowest BCUT2D eigenvalue weighted by atomic mass is 10.1. The molecule has 0 unspecified atom stereocenters. The Morgan fingerprint density at radius 3 is 2.91 bits per heavy atom. The Hall–Kier alpha value is -3.11. The zero-order chi connectivity index (χ0) is 16.6. The molecular weight excluding hydrogens is 294 g/mol. The molecule has 116 valence electrons. The summed E-state index contributed by atoms with van der Waals surface area (Å²) in [6.07, 6.45) is 1.50. The number of nitrogens with one attached hydrogen (secondary N) is 1. The number of nitrogens with two attached hydrogens (primary N) is 1. The molecule has 1 aliphatic heterocycles. The molecule has 0 spiro atoms. The third-order valence-electron chi connectivity index (χ3n) is 3.46. The summed E-state index contributed by atoms with van der Waals surface area (Å²) in [4.78, 5) is 25.9. The molecule has 1 aromatic carbocycles. The van der Waals surface area contributed by atoms with Gasteiger partial charge in [0.2, 0.25) is 0 Å². The fraction of sp³-hybridized carbons (Fsp3) is 0.188. The van der Waals surface area contributed by atoms with Crippen molar-refractivity contribution in [2.45, 2.75) is 0 Å². The van der Waals surface area contributed by atoms with Crippen LogP contribution in [-0.4, -0.2) is 48.3 Å². The number of primary amides is 1. The Bertz CT molecular complexity index is 912. The zero-order valence-electron chi connectivity index (χ0n) is 12.8. The molecule has 3 N–H and O–H groups in total. The van der Waals surface area contributed by atoms with Gasteiger partial charge in [0.15, 0.2) is 0 Å². The van der Waals surface area contributed by atoms with E-state index in [1.807, 2.05) is 19.0 Å². The third kappa shape index (κ3) is 2.45. The number of hydrazone groups is 1. The van der Waals surface area contributed by atoms with E-state index in [0.29, 0.717) is 34.3 Å². The number of amides is 2. The highest BCUT2D eigenvalue weighted by Gasteiger charge is 2.24. The summed E-state index contributed by atoms with van der Waals surface area (Å²) in [6.45, 7) is 0.529. The Balaban J connectivity index is 2.36. The Kier molecular flexibility index (Phi) is 3.60. The molecule has 2 heterocycles. The van der Waals surface area contributed by atoms with Crippen LogP contribution < -0.4 is 11.2 Å². The Labute approximate surface area is 132 Å². The van der Waals surface area contributed by atoms with Crippen molar-refractivity contribution in [1.82, 2.24) is 14.9 Å². The van der Waals surface area contributed by atoms with Gasteiger partial charge in [0.05, 0.1) is 23.8 Å². The van der Waals surface area contributed by atoms with Crippen LogP contribution in [0, 0.1) is 11.8 Å². The molecule has 1 aromatic heterocycles. The van der Waals surface area contributed by atoms with E-state index >= 15 is 0 Å². The molecule has 0 fully saturated rings. The SMILES string of the molecule is CN(C)CC#Cc1c2c3c(cccc3n1C(N)=O)C(=O)NN=C2. The number of hydrogen-bond acceptors (Lipinski definition) is 4. The summed E-state index contributed by atoms with van der Waals surface area (Å²) >= 11 is 0. The van der Waals surface area contributed by atoms with Crippen molar-refractivity contribution in [3.63, 3.8) is 0 Å². The predicted octanol–water partition coefficient (Wildman–Crippen LogP) is 0.559. The highest BCUT2D eigenvalue weighted by Crippen LogP contribution is 2.29. The minimum atomic E-state index is -0.651. The summed E-state index contributed by atoms with van der Waals surface area (Å²) in [7, 11) is 3.80. The van der Waals surface area contributed by atoms with Gasteiger partial charge in [-0.3, -0.25) is 14.3 Å². The van der Waals surface area contributed by atoms with Crippen molar-refractivity contribution in [2.24, 2.45) is 10.8 Å². The second-order valence-corrected chi connectivity index (χ2v) is 5.37. The average Bonchev–Trinajstić information content (AvgIpc) is 2.70. The molecule has 3 rings (SSSR count). The van der Waals surface area contributed by atoms with Crippen molar-refractivity contribution in [2.75, 3.05) is 20.6 Å². The molecule has 0 saturated heterocycles. The minimum Gasteiger partial charge on any atom is -0.351 e. The van der Waals surface area contributed by atoms with E-state index in [1.54, 1.807) is 18.2 Å². The van der Waals surface area contributed by atoms with Crippen molar-refractivity contribution in [1.29, 1.82) is 0 Å². The molecule has 1 aliphatic rings. The van der Waals surface area contributed by atoms with Gasteiger partial charge in [0.1, 0.15) is 5.69 Å². The molecule has 2 aromatic rings. The first-order valence-corrected chi connectivity index (χ1v) is 6.95. The monoisotopic (exact) mass is 309 g/mol. The summed E-state index contributed by atoms with van der Waals surface area (Å²) < 4.78 is 1.32. The molecule has 0 aliphatic carbocycles. The van der Waals surface area contributed by atoms with Crippen molar-refractivity contribution >= 4 is 29.1 Å². The lowest BCUT2D eigenvalue weighted by Crippen LogP contribution is -2.21. The molecule has 7 nitrogen and oxygen atoms in total. The number of nitrogens with zero attached hydrogens (tertiary/aromatic N) is 3. The van der Waals surface area contributed by atoms with Gasteiger partial charge in [-0.2, -0.15) is 5.10 Å². The van der Waals surface area contributed by atoms with Crippen LogP contribution in [0.15, 0.2) is 23.3 Å². The number of aromatic nitrogens is 1. The zero-order valence-corrected chi connectivity index (χ0v) is 12.8. The second kappa shape index (κ2) is 5.59. The molecule has 23 heavy (non-hydrogen) atoms. The second-order valence-electron chi connectivity index (χ2n) is 5.37. The Morgan fingerprint density at radius 2 is 2.22 bits per heavy atom. The van der Waals surface area contributed by atoms with E-state index in [1.165, 1.54) is 10.8 Å². The van der Waals surface area contributed by atoms with E-state index in [9.17, 15) is 9.59 Å². The van der Waals surface area contributed by atoms with Gasteiger partial charge in [-0.05, 0) is 32.1 Å². The standard InChI is InChI=1S/C16H15N5O2/c1-20(2)8-4-7-12-11-9-18-19-15(22)10-5-3-6-13(14(10)11)21(12)16(17)23/h3,5-6,9H,8H2,1-2H3,(H2,17,23)(H,19,22). The van der Waals surface area contributed by atoms with Gasteiger partial charge in [0.25, 0.3) is 5.91 Å². The first kappa shape index (κ1) is 14.8. The summed E-state index contributed by atoms with van der Waals surface area (Å²) in [5, 5.41) is 4.52. The maximum atomic E-state index is 12.1. The van der Waals surface area contributed by atoms with Gasteiger partial charge >= 0.3 is 6.03 Å². The van der Waals surface area contributed by atoms with Crippen LogP contribution in [0.2, 0.25) is 0 Å². The fourth-order valence-electron chi connectivity index (χ4n) is 2.53. The van der Waals surface area contributed by atoms with E-state index < -0.39 is 6.03 Å². The maximum Gasteiger partial charge on any atom is 0.324 e. The van der Waals surface area contributed by atoms with Crippen LogP contribution in [0.25, 0.3) is 10.9 Å². The highest BCUT2D eigenvalue weighted by atomic mass is 16.2. The summed E-state index contributed by atoms with van der Waals surface area (Å²) in [5.41, 5.74) is 9.98. The molecule has 2 amide bonds. The maximum absolute atomic E-state index is 12.1. The average molecular weight is 309 g/mol. The number of benzene rings is 1. The van der Waals surface area contributed by atoms with Crippen molar-refractivity contribution < 1.29 is 9.59 Å². The molecule has 0 atom stereocenters. The van der Waals surface area contributed by atoms with Gasteiger partial charge in [-0.1, -0.05) is 12.0 Å². The van der Waals surface area contributed by atoms with Crippen molar-refractivity contribution in [3.05, 3.63) is 35.0 Å². The first-order chi connectivity index (χ1) is 11.0. The fourth-order valence-corrected chi connectivity index (χ4v) is 2.53. The molecule has 7 heteroatoms. The number of hydrogen-bond donors (Lipinski definition) is 2. The molecule has 0 radical (unpaired) electrons. The smallest absolute Gasteiger partial charge is 0.324 e. The topological polar surface area (TPSA) is 92.7 Å². The van der Waals surface area contributed by atoms with Gasteiger partial charge < -0.3 is 5.73 Å². The number of carbonyl (C=O) groups is 2. The summed E-state index contributed by atoms with van der Waals surface area (Å²) in [5.74, 6) is 5.63. The van der Waals surface area contributed by atoms with E-state index in [4.69, 9.17) is 5.73 Å². The summed E-state index contributed by atoms with van der Waals surface area (Å²) in [6, 6.07) is 4.46. The minimum absolute atomic E-state index is 0.333. The van der Waals surface area contributed by atoms with Crippen LogP contribution in [0.1, 0.15) is 21.6 Å². The van der Waals surface area contributed by atoms with Gasteiger partial charge in [-0.25, -0.2) is 10.2 Å². The molecular formula is C16H15N5O2. The molecule has 0 bridgehead atoms. The highest BCUT2D eigenvalue weighted by molar-refractivity contribution is 6.17. The normalized spacial score (nSPS) is 12.7. The van der Waals surface area contributed by atoms with E-state index in [2.05, 4.69) is 22.4 Å². The van der Waals surface area contributed by atoms with E-state index in [0.717, 1.165) is 0 Å². The van der Waals surface area contributed by atoms with Crippen LogP contribution in [0.4, 0.5) is 4.79 Å². The Morgan fingerprint density at radius 1 is 1.43 bits per heavy atom. The molecule has 0 saturated carbocycles. The van der Waals surface area contributed by atoms with Crippen LogP contribution in [0.3, 0.4) is 0 Å². The lowest BCUT2D eigenvalue weighted by Gasteiger charge is -2.04. The van der Waals surface area contributed by atoms with Crippen LogP contribution in [-0.2, 0) is 0 Å². The number of carbonyl (C=O) groups excluding carboxylic acids is 2. The quantitative estimate of drug-likeness (QED) is 0.754. The predicted molar refractivity (Wildman–Crippen MR) is 87.4 cm³/mol. The largest absolute Gasteiger partial charge is 0.351 e.